The molecule has 0 saturated carbocycles. The number of carbonyl (C=O) groups is 1. The highest BCUT2D eigenvalue weighted by molar-refractivity contribution is 5.76. The highest BCUT2D eigenvalue weighted by Crippen LogP contribution is 2.11. The predicted molar refractivity (Wildman–Crippen MR) is 53.6 cm³/mol. The number of hydrogen-bond acceptors (Lipinski definition) is 3. The third-order valence-electron chi connectivity index (χ3n) is 2.16. The molecular weight excluding hydrogens is 180 g/mol. The minimum Gasteiger partial charge on any atom is -0.469 e. The first kappa shape index (κ1) is 10.8. The topological polar surface area (TPSA) is 59.5 Å². The van der Waals surface area contributed by atoms with Crippen molar-refractivity contribution in [3.05, 3.63) is 23.7 Å². The van der Waals surface area contributed by atoms with Crippen LogP contribution in [0, 0.1) is 6.92 Å². The molecule has 1 rings (SSSR count). The second kappa shape index (κ2) is 4.81. The van der Waals surface area contributed by atoms with Gasteiger partial charge in [-0.15, -0.1) is 0 Å². The number of rotatable bonds is 4. The molecule has 1 aromatic rings. The number of aryl methyl sites for hydroxylation is 1. The van der Waals surface area contributed by atoms with Crippen LogP contribution in [-0.2, 0) is 11.3 Å². The first-order valence-corrected chi connectivity index (χ1v) is 4.62. The van der Waals surface area contributed by atoms with E-state index in [-0.39, 0.29) is 5.91 Å². The summed E-state index contributed by atoms with van der Waals surface area (Å²) in [7, 11) is 1.77. The molecule has 4 heteroatoms. The molecule has 0 aliphatic carbocycles. The van der Waals surface area contributed by atoms with Gasteiger partial charge in [0.25, 0.3) is 0 Å². The van der Waals surface area contributed by atoms with Gasteiger partial charge in [0.05, 0.1) is 6.26 Å². The van der Waals surface area contributed by atoms with Crippen molar-refractivity contribution in [1.82, 2.24) is 4.90 Å². The maximum atomic E-state index is 11.4. The molecule has 0 radical (unpaired) electrons. The number of nitrogens with two attached hydrogens (primary N) is 1. The number of nitrogens with zero attached hydrogens (tertiary/aromatic N) is 1. The third-order valence-corrected chi connectivity index (χ3v) is 2.16. The monoisotopic (exact) mass is 196 g/mol. The predicted octanol–water partition coefficient (Wildman–Crippen LogP) is 0.895. The number of furan rings is 1. The van der Waals surface area contributed by atoms with Crippen LogP contribution in [0.5, 0.6) is 0 Å². The molecule has 1 aromatic heterocycles. The summed E-state index contributed by atoms with van der Waals surface area (Å²) < 4.78 is 5.14. The van der Waals surface area contributed by atoms with Gasteiger partial charge in [0, 0.05) is 32.1 Å². The molecule has 0 bridgehead atoms. The van der Waals surface area contributed by atoms with Gasteiger partial charge in [0.2, 0.25) is 5.91 Å². The Balaban J connectivity index is 2.52. The molecule has 0 aliphatic heterocycles. The van der Waals surface area contributed by atoms with Gasteiger partial charge in [-0.05, 0) is 13.0 Å². The summed E-state index contributed by atoms with van der Waals surface area (Å²) in [4.78, 5) is 13.1. The van der Waals surface area contributed by atoms with Gasteiger partial charge in [-0.3, -0.25) is 4.79 Å². The average molecular weight is 196 g/mol. The van der Waals surface area contributed by atoms with E-state index in [2.05, 4.69) is 0 Å². The van der Waals surface area contributed by atoms with Crippen molar-refractivity contribution in [2.75, 3.05) is 13.6 Å². The standard InChI is InChI=1S/C10H16N2O2/c1-8-9(4-6-14-8)7-12(2)10(13)3-5-11/h4,6H,3,5,7,11H2,1-2H3. The number of carbonyl (C=O) groups excluding carboxylic acids is 1. The fourth-order valence-electron chi connectivity index (χ4n) is 1.23. The molecule has 1 amide bonds. The van der Waals surface area contributed by atoms with E-state index < -0.39 is 0 Å². The molecule has 0 saturated heterocycles. The molecule has 0 unspecified atom stereocenters. The highest BCUT2D eigenvalue weighted by atomic mass is 16.3. The van der Waals surface area contributed by atoms with E-state index in [0.29, 0.717) is 19.5 Å². The first-order chi connectivity index (χ1) is 6.65. The van der Waals surface area contributed by atoms with E-state index in [1.165, 1.54) is 0 Å². The normalized spacial score (nSPS) is 10.2. The quantitative estimate of drug-likeness (QED) is 0.778. The van der Waals surface area contributed by atoms with Gasteiger partial charge < -0.3 is 15.1 Å². The maximum Gasteiger partial charge on any atom is 0.223 e. The maximum absolute atomic E-state index is 11.4. The molecule has 0 atom stereocenters. The fourth-order valence-corrected chi connectivity index (χ4v) is 1.23. The van der Waals surface area contributed by atoms with Crippen LogP contribution in [-0.4, -0.2) is 24.4 Å². The minimum absolute atomic E-state index is 0.0631. The van der Waals surface area contributed by atoms with Gasteiger partial charge in [0.15, 0.2) is 0 Å². The van der Waals surface area contributed by atoms with E-state index in [4.69, 9.17) is 10.2 Å². The Bertz CT molecular complexity index is 307. The van der Waals surface area contributed by atoms with Crippen molar-refractivity contribution in [3.8, 4) is 0 Å². The van der Waals surface area contributed by atoms with E-state index in [1.54, 1.807) is 18.2 Å². The van der Waals surface area contributed by atoms with Gasteiger partial charge in [-0.25, -0.2) is 0 Å². The molecule has 0 aliphatic rings. The highest BCUT2D eigenvalue weighted by Gasteiger charge is 2.10. The van der Waals surface area contributed by atoms with E-state index in [0.717, 1.165) is 11.3 Å². The van der Waals surface area contributed by atoms with Crippen LogP contribution >= 0.6 is 0 Å². The van der Waals surface area contributed by atoms with Crippen LogP contribution in [0.25, 0.3) is 0 Å². The zero-order valence-electron chi connectivity index (χ0n) is 8.62. The molecule has 78 valence electrons. The molecular formula is C10H16N2O2. The lowest BCUT2D eigenvalue weighted by molar-refractivity contribution is -0.130. The van der Waals surface area contributed by atoms with Gasteiger partial charge in [-0.2, -0.15) is 0 Å². The van der Waals surface area contributed by atoms with Crippen molar-refractivity contribution >= 4 is 5.91 Å². The molecule has 14 heavy (non-hydrogen) atoms. The largest absolute Gasteiger partial charge is 0.469 e. The van der Waals surface area contributed by atoms with Crippen molar-refractivity contribution in [3.63, 3.8) is 0 Å². The van der Waals surface area contributed by atoms with Crippen molar-refractivity contribution < 1.29 is 9.21 Å². The van der Waals surface area contributed by atoms with Crippen LogP contribution in [0.2, 0.25) is 0 Å². The van der Waals surface area contributed by atoms with E-state index in [1.807, 2.05) is 13.0 Å². The molecule has 2 N–H and O–H groups in total. The molecule has 1 heterocycles. The summed E-state index contributed by atoms with van der Waals surface area (Å²) in [5.41, 5.74) is 6.34. The number of amides is 1. The van der Waals surface area contributed by atoms with Crippen LogP contribution < -0.4 is 5.73 Å². The summed E-state index contributed by atoms with van der Waals surface area (Å²) in [5, 5.41) is 0. The van der Waals surface area contributed by atoms with Crippen LogP contribution in [0.4, 0.5) is 0 Å². The van der Waals surface area contributed by atoms with Crippen molar-refractivity contribution in [2.45, 2.75) is 19.9 Å². The average Bonchev–Trinajstić information content (AvgIpc) is 2.52. The lowest BCUT2D eigenvalue weighted by Crippen LogP contribution is -2.27. The molecule has 0 aromatic carbocycles. The third kappa shape index (κ3) is 2.60. The summed E-state index contributed by atoms with van der Waals surface area (Å²) in [6.45, 7) is 2.87. The summed E-state index contributed by atoms with van der Waals surface area (Å²) in [6, 6.07) is 1.88. The van der Waals surface area contributed by atoms with E-state index >= 15 is 0 Å². The fraction of sp³-hybridized carbons (Fsp3) is 0.500. The minimum atomic E-state index is 0.0631. The smallest absolute Gasteiger partial charge is 0.223 e. The van der Waals surface area contributed by atoms with E-state index in [9.17, 15) is 4.79 Å². The summed E-state index contributed by atoms with van der Waals surface area (Å²) in [6.07, 6.45) is 2.03. The Morgan fingerprint density at radius 1 is 1.64 bits per heavy atom. The molecule has 4 nitrogen and oxygen atoms in total. The Morgan fingerprint density at radius 2 is 2.36 bits per heavy atom. The zero-order valence-corrected chi connectivity index (χ0v) is 8.62. The van der Waals surface area contributed by atoms with Gasteiger partial charge >= 0.3 is 0 Å². The molecule has 0 fully saturated rings. The Labute approximate surface area is 83.7 Å². The van der Waals surface area contributed by atoms with Crippen LogP contribution in [0.3, 0.4) is 0 Å². The van der Waals surface area contributed by atoms with Crippen molar-refractivity contribution in [1.29, 1.82) is 0 Å². The first-order valence-electron chi connectivity index (χ1n) is 4.62. The SMILES string of the molecule is Cc1occc1CN(C)C(=O)CCN. The lowest BCUT2D eigenvalue weighted by atomic mass is 10.2. The summed E-state index contributed by atoms with van der Waals surface area (Å²) in [5.74, 6) is 0.922. The second-order valence-electron chi connectivity index (χ2n) is 3.29. The Kier molecular flexibility index (Phi) is 3.71. The van der Waals surface area contributed by atoms with Crippen LogP contribution in [0.1, 0.15) is 17.7 Å². The van der Waals surface area contributed by atoms with Gasteiger partial charge in [-0.1, -0.05) is 0 Å². The zero-order chi connectivity index (χ0) is 10.6. The Hall–Kier alpha value is -1.29. The van der Waals surface area contributed by atoms with Gasteiger partial charge in [0.1, 0.15) is 5.76 Å². The summed E-state index contributed by atoms with van der Waals surface area (Å²) >= 11 is 0. The molecule has 0 spiro atoms. The van der Waals surface area contributed by atoms with Crippen LogP contribution in [0.15, 0.2) is 16.7 Å². The van der Waals surface area contributed by atoms with Crippen molar-refractivity contribution in [2.24, 2.45) is 5.73 Å². The second-order valence-corrected chi connectivity index (χ2v) is 3.29. The number of hydrogen-bond donors (Lipinski definition) is 1. The lowest BCUT2D eigenvalue weighted by Gasteiger charge is -2.15. The Morgan fingerprint density at radius 3 is 2.86 bits per heavy atom.